The fraction of sp³-hybridized carbons (Fsp3) is 0.875. The molecule has 22 heavy (non-hydrogen) atoms. The van der Waals surface area contributed by atoms with E-state index in [0.29, 0.717) is 44.6 Å². The number of urea groups is 1. The lowest BCUT2D eigenvalue weighted by atomic mass is 9.64. The Hall–Kier alpha value is -1.46. The molecule has 2 rings (SSSR count). The van der Waals surface area contributed by atoms with Gasteiger partial charge in [0.05, 0.1) is 6.61 Å². The van der Waals surface area contributed by atoms with E-state index in [2.05, 4.69) is 20.8 Å². The number of hydrogen-bond donors (Lipinski definition) is 1. The third-order valence-electron chi connectivity index (χ3n) is 5.41. The third kappa shape index (κ3) is 3.84. The molecule has 0 bridgehead atoms. The molecule has 0 aromatic heterocycles. The molecule has 6 nitrogen and oxygen atoms in total. The topological polar surface area (TPSA) is 75.9 Å². The molecule has 1 heterocycles. The summed E-state index contributed by atoms with van der Waals surface area (Å²) in [6, 6.07) is -0.425. The molecule has 0 aromatic carbocycles. The van der Waals surface area contributed by atoms with Crippen LogP contribution < -0.4 is 5.73 Å². The summed E-state index contributed by atoms with van der Waals surface area (Å²) in [7, 11) is 0. The second kappa shape index (κ2) is 6.75. The summed E-state index contributed by atoms with van der Waals surface area (Å²) in [4.78, 5) is 26.5. The van der Waals surface area contributed by atoms with Crippen LogP contribution in [0.2, 0.25) is 0 Å². The Bertz CT molecular complexity index is 417. The summed E-state index contributed by atoms with van der Waals surface area (Å²) in [6.07, 6.45) is 3.39. The molecule has 1 saturated heterocycles. The van der Waals surface area contributed by atoms with E-state index in [1.807, 2.05) is 0 Å². The number of ether oxygens (including phenoxy) is 1. The van der Waals surface area contributed by atoms with E-state index in [0.717, 1.165) is 0 Å². The molecule has 0 aromatic rings. The second-order valence-electron chi connectivity index (χ2n) is 7.35. The zero-order valence-electron chi connectivity index (χ0n) is 14.0. The van der Waals surface area contributed by atoms with Crippen LogP contribution in [0.4, 0.5) is 9.59 Å². The Labute approximate surface area is 132 Å². The van der Waals surface area contributed by atoms with Gasteiger partial charge in [-0.3, -0.25) is 0 Å². The van der Waals surface area contributed by atoms with Crippen molar-refractivity contribution in [3.63, 3.8) is 0 Å². The number of nitrogens with two attached hydrogens (primary N) is 1. The Balaban J connectivity index is 1.81. The van der Waals surface area contributed by atoms with Crippen LogP contribution in [0.15, 0.2) is 0 Å². The second-order valence-corrected chi connectivity index (χ2v) is 7.35. The zero-order valence-corrected chi connectivity index (χ0v) is 14.0. The van der Waals surface area contributed by atoms with Gasteiger partial charge in [0.2, 0.25) is 0 Å². The maximum Gasteiger partial charge on any atom is 0.409 e. The third-order valence-corrected chi connectivity index (χ3v) is 5.41. The molecular weight excluding hydrogens is 282 g/mol. The van der Waals surface area contributed by atoms with Gasteiger partial charge in [0.15, 0.2) is 0 Å². The number of amides is 3. The molecule has 1 saturated carbocycles. The highest BCUT2D eigenvalue weighted by Gasteiger charge is 2.38. The van der Waals surface area contributed by atoms with Crippen LogP contribution in [-0.4, -0.2) is 54.7 Å². The summed E-state index contributed by atoms with van der Waals surface area (Å²) in [5.74, 6) is 1.00. The Kier molecular flexibility index (Phi) is 5.19. The first-order chi connectivity index (χ1) is 10.3. The molecule has 3 amide bonds. The largest absolute Gasteiger partial charge is 0.449 e. The van der Waals surface area contributed by atoms with Crippen LogP contribution in [0.1, 0.15) is 40.0 Å². The maximum absolute atomic E-state index is 12.2. The number of rotatable bonds is 2. The van der Waals surface area contributed by atoms with Crippen LogP contribution in [0.5, 0.6) is 0 Å². The predicted molar refractivity (Wildman–Crippen MR) is 84.4 cm³/mol. The van der Waals surface area contributed by atoms with Gasteiger partial charge >= 0.3 is 12.1 Å². The number of nitrogens with zero attached hydrogens (tertiary/aromatic N) is 2. The lowest BCUT2D eigenvalue weighted by Gasteiger charge is -2.42. The van der Waals surface area contributed by atoms with Crippen molar-refractivity contribution in [2.45, 2.75) is 40.0 Å². The fourth-order valence-electron chi connectivity index (χ4n) is 3.79. The number of piperazine rings is 1. The van der Waals surface area contributed by atoms with E-state index in [1.54, 1.807) is 9.80 Å². The van der Waals surface area contributed by atoms with Crippen LogP contribution in [0.25, 0.3) is 0 Å². The number of carbonyl (C=O) groups excluding carboxylic acids is 2. The average Bonchev–Trinajstić information content (AvgIpc) is 2.46. The smallest absolute Gasteiger partial charge is 0.409 e. The first kappa shape index (κ1) is 16.9. The highest BCUT2D eigenvalue weighted by atomic mass is 16.6. The maximum atomic E-state index is 12.2. The molecular formula is C16H29N3O3. The van der Waals surface area contributed by atoms with Crippen LogP contribution in [0.3, 0.4) is 0 Å². The summed E-state index contributed by atoms with van der Waals surface area (Å²) in [5.41, 5.74) is 5.47. The zero-order chi connectivity index (χ0) is 16.3. The SMILES string of the molecule is C[C@H]1CCCC(C)(C)[C@@H]1COC(=O)N1CCN(C(N)=O)CC1. The first-order valence-electron chi connectivity index (χ1n) is 8.27. The van der Waals surface area contributed by atoms with Gasteiger partial charge in [0.25, 0.3) is 0 Å². The van der Waals surface area contributed by atoms with Gasteiger partial charge in [-0.1, -0.05) is 33.6 Å². The minimum atomic E-state index is -0.425. The van der Waals surface area contributed by atoms with Gasteiger partial charge in [0.1, 0.15) is 0 Å². The fourth-order valence-corrected chi connectivity index (χ4v) is 3.79. The average molecular weight is 311 g/mol. The van der Waals surface area contributed by atoms with E-state index in [-0.39, 0.29) is 11.5 Å². The monoisotopic (exact) mass is 311 g/mol. The van der Waals surface area contributed by atoms with Crippen LogP contribution >= 0.6 is 0 Å². The van der Waals surface area contributed by atoms with Crippen molar-refractivity contribution in [3.8, 4) is 0 Å². The molecule has 0 unspecified atom stereocenters. The lowest BCUT2D eigenvalue weighted by molar-refractivity contribution is 0.00657. The molecule has 2 atom stereocenters. The molecule has 2 aliphatic rings. The molecule has 126 valence electrons. The highest BCUT2D eigenvalue weighted by molar-refractivity contribution is 5.73. The normalized spacial score (nSPS) is 28.3. The Morgan fingerprint density at radius 1 is 1.18 bits per heavy atom. The van der Waals surface area contributed by atoms with Crippen molar-refractivity contribution in [2.24, 2.45) is 23.0 Å². The summed E-state index contributed by atoms with van der Waals surface area (Å²) < 4.78 is 5.58. The number of hydrogen-bond acceptors (Lipinski definition) is 3. The van der Waals surface area contributed by atoms with E-state index in [4.69, 9.17) is 10.5 Å². The van der Waals surface area contributed by atoms with E-state index >= 15 is 0 Å². The minimum Gasteiger partial charge on any atom is -0.449 e. The molecule has 1 aliphatic heterocycles. The van der Waals surface area contributed by atoms with E-state index in [1.165, 1.54) is 19.3 Å². The quantitative estimate of drug-likeness (QED) is 0.850. The van der Waals surface area contributed by atoms with Crippen molar-refractivity contribution < 1.29 is 14.3 Å². The van der Waals surface area contributed by atoms with Gasteiger partial charge in [-0.15, -0.1) is 0 Å². The van der Waals surface area contributed by atoms with Gasteiger partial charge in [-0.05, 0) is 17.8 Å². The summed E-state index contributed by atoms with van der Waals surface area (Å²) in [5, 5.41) is 0. The van der Waals surface area contributed by atoms with Crippen molar-refractivity contribution in [1.29, 1.82) is 0 Å². The van der Waals surface area contributed by atoms with Crippen LogP contribution in [0, 0.1) is 17.3 Å². The first-order valence-corrected chi connectivity index (χ1v) is 8.27. The van der Waals surface area contributed by atoms with Crippen LogP contribution in [-0.2, 0) is 4.74 Å². The summed E-state index contributed by atoms with van der Waals surface area (Å²) in [6.45, 7) is 9.23. The molecule has 2 N–H and O–H groups in total. The molecule has 0 radical (unpaired) electrons. The number of primary amides is 1. The molecule has 6 heteroatoms. The van der Waals surface area contributed by atoms with Crippen molar-refractivity contribution in [3.05, 3.63) is 0 Å². The van der Waals surface area contributed by atoms with Gasteiger partial charge in [0, 0.05) is 32.1 Å². The van der Waals surface area contributed by atoms with Crippen molar-refractivity contribution in [2.75, 3.05) is 32.8 Å². The Morgan fingerprint density at radius 2 is 1.77 bits per heavy atom. The molecule has 0 spiro atoms. The summed E-state index contributed by atoms with van der Waals surface area (Å²) >= 11 is 0. The van der Waals surface area contributed by atoms with Gasteiger partial charge < -0.3 is 20.3 Å². The van der Waals surface area contributed by atoms with Crippen molar-refractivity contribution >= 4 is 12.1 Å². The number of carbonyl (C=O) groups is 2. The van der Waals surface area contributed by atoms with E-state index in [9.17, 15) is 9.59 Å². The van der Waals surface area contributed by atoms with Gasteiger partial charge in [-0.25, -0.2) is 9.59 Å². The minimum absolute atomic E-state index is 0.225. The van der Waals surface area contributed by atoms with Gasteiger partial charge in [-0.2, -0.15) is 0 Å². The molecule has 2 fully saturated rings. The van der Waals surface area contributed by atoms with E-state index < -0.39 is 6.03 Å². The lowest BCUT2D eigenvalue weighted by Crippen LogP contribution is -2.52. The van der Waals surface area contributed by atoms with Crippen molar-refractivity contribution in [1.82, 2.24) is 9.80 Å². The Morgan fingerprint density at radius 3 is 2.32 bits per heavy atom. The highest BCUT2D eigenvalue weighted by Crippen LogP contribution is 2.43. The molecule has 1 aliphatic carbocycles. The predicted octanol–water partition coefficient (Wildman–Crippen LogP) is 2.28. The standard InChI is InChI=1S/C16H29N3O3/c1-12-5-4-6-16(2,3)13(12)11-22-15(21)19-9-7-18(8-10-19)14(17)20/h12-13H,4-11H2,1-3H3,(H2,17,20)/t12-,13+/m0/s1.